The number of nitrogens with one attached hydrogen (secondary N) is 1. The predicted octanol–water partition coefficient (Wildman–Crippen LogP) is 0.967. The van der Waals surface area contributed by atoms with Crippen molar-refractivity contribution < 1.29 is 4.74 Å². The molecule has 0 radical (unpaired) electrons. The van der Waals surface area contributed by atoms with Gasteiger partial charge in [-0.1, -0.05) is 0 Å². The number of nitrogens with zero attached hydrogens (tertiary/aromatic N) is 2. The fourth-order valence-electron chi connectivity index (χ4n) is 1.81. The number of hydrogen-bond acceptors (Lipinski definition) is 4. The van der Waals surface area contributed by atoms with E-state index in [-0.39, 0.29) is 0 Å². The highest BCUT2D eigenvalue weighted by Gasteiger charge is 2.17. The van der Waals surface area contributed by atoms with Crippen molar-refractivity contribution in [3.8, 4) is 0 Å². The fourth-order valence-corrected chi connectivity index (χ4v) is 1.81. The second kappa shape index (κ2) is 4.68. The van der Waals surface area contributed by atoms with E-state index >= 15 is 0 Å². The van der Waals surface area contributed by atoms with E-state index in [1.54, 1.807) is 0 Å². The van der Waals surface area contributed by atoms with E-state index in [1.807, 2.05) is 14.0 Å². The summed E-state index contributed by atoms with van der Waals surface area (Å²) in [6.45, 7) is 4.38. The van der Waals surface area contributed by atoms with E-state index in [4.69, 9.17) is 4.74 Å². The van der Waals surface area contributed by atoms with E-state index in [9.17, 15) is 0 Å². The molecule has 0 unspecified atom stereocenters. The lowest BCUT2D eigenvalue weighted by molar-refractivity contribution is 0.133. The van der Waals surface area contributed by atoms with Gasteiger partial charge < -0.3 is 10.1 Å². The Balaban J connectivity index is 2.09. The number of aromatic nitrogens is 2. The molecule has 2 rings (SSSR count). The van der Waals surface area contributed by atoms with Crippen LogP contribution in [-0.4, -0.2) is 23.6 Å². The first-order chi connectivity index (χ1) is 7.31. The first-order valence-electron chi connectivity index (χ1n) is 5.39. The van der Waals surface area contributed by atoms with Crippen molar-refractivity contribution in [2.45, 2.75) is 33.0 Å². The molecular formula is C11H17N3O. The molecule has 4 nitrogen and oxygen atoms in total. The molecule has 0 spiro atoms. The summed E-state index contributed by atoms with van der Waals surface area (Å²) in [5, 5.41) is 3.12. The highest BCUT2D eigenvalue weighted by Crippen LogP contribution is 2.20. The highest BCUT2D eigenvalue weighted by molar-refractivity contribution is 5.26. The lowest BCUT2D eigenvalue weighted by atomic mass is 10.2. The summed E-state index contributed by atoms with van der Waals surface area (Å²) in [7, 11) is 1.96. The Kier molecular flexibility index (Phi) is 3.28. The van der Waals surface area contributed by atoms with Gasteiger partial charge in [0, 0.05) is 17.7 Å². The Morgan fingerprint density at radius 2 is 2.20 bits per heavy atom. The minimum absolute atomic E-state index is 0.651. The molecule has 0 saturated heterocycles. The SMILES string of the molecule is CNCCCc1nc(C)c2c(n1)COC2. The van der Waals surface area contributed by atoms with Gasteiger partial charge in [0.1, 0.15) is 5.82 Å². The van der Waals surface area contributed by atoms with E-state index in [2.05, 4.69) is 15.3 Å². The summed E-state index contributed by atoms with van der Waals surface area (Å²) in [6, 6.07) is 0. The molecule has 1 aliphatic heterocycles. The van der Waals surface area contributed by atoms with Gasteiger partial charge in [-0.15, -0.1) is 0 Å². The van der Waals surface area contributed by atoms with Crippen LogP contribution in [0.2, 0.25) is 0 Å². The van der Waals surface area contributed by atoms with Crippen LogP contribution in [-0.2, 0) is 24.4 Å². The quantitative estimate of drug-likeness (QED) is 0.747. The van der Waals surface area contributed by atoms with Crippen molar-refractivity contribution in [1.82, 2.24) is 15.3 Å². The van der Waals surface area contributed by atoms with Gasteiger partial charge in [-0.25, -0.2) is 9.97 Å². The summed E-state index contributed by atoms with van der Waals surface area (Å²) in [6.07, 6.45) is 2.02. The standard InChI is InChI=1S/C11H17N3O/c1-8-9-6-15-7-10(9)14-11(13-8)4-3-5-12-2/h12H,3-7H2,1-2H3. The largest absolute Gasteiger partial charge is 0.370 e. The van der Waals surface area contributed by atoms with Gasteiger partial charge in [-0.3, -0.25) is 0 Å². The number of rotatable bonds is 4. The van der Waals surface area contributed by atoms with Gasteiger partial charge in [0.15, 0.2) is 0 Å². The van der Waals surface area contributed by atoms with Crippen molar-refractivity contribution in [1.29, 1.82) is 0 Å². The molecule has 0 aromatic carbocycles. The number of hydrogen-bond donors (Lipinski definition) is 1. The van der Waals surface area contributed by atoms with Crippen molar-refractivity contribution in [3.63, 3.8) is 0 Å². The third-order valence-corrected chi connectivity index (χ3v) is 2.66. The first kappa shape index (κ1) is 10.5. The molecule has 2 heterocycles. The highest BCUT2D eigenvalue weighted by atomic mass is 16.5. The van der Waals surface area contributed by atoms with Gasteiger partial charge in [0.2, 0.25) is 0 Å². The average Bonchev–Trinajstić information content (AvgIpc) is 2.66. The van der Waals surface area contributed by atoms with Crippen LogP contribution in [0, 0.1) is 6.92 Å². The molecule has 0 aliphatic carbocycles. The third kappa shape index (κ3) is 2.33. The summed E-state index contributed by atoms with van der Waals surface area (Å²) in [5.41, 5.74) is 3.35. The maximum Gasteiger partial charge on any atom is 0.129 e. The van der Waals surface area contributed by atoms with Gasteiger partial charge in [-0.2, -0.15) is 0 Å². The predicted molar refractivity (Wildman–Crippen MR) is 57.5 cm³/mol. The number of aryl methyl sites for hydroxylation is 2. The number of ether oxygens (including phenoxy) is 1. The zero-order valence-corrected chi connectivity index (χ0v) is 9.34. The van der Waals surface area contributed by atoms with Gasteiger partial charge in [-0.05, 0) is 26.9 Å². The average molecular weight is 207 g/mol. The minimum Gasteiger partial charge on any atom is -0.370 e. The van der Waals surface area contributed by atoms with Crippen molar-refractivity contribution in [2.75, 3.05) is 13.6 Å². The van der Waals surface area contributed by atoms with E-state index < -0.39 is 0 Å². The Morgan fingerprint density at radius 1 is 1.33 bits per heavy atom. The van der Waals surface area contributed by atoms with Crippen LogP contribution in [0.4, 0.5) is 0 Å². The van der Waals surface area contributed by atoms with Crippen LogP contribution in [0.3, 0.4) is 0 Å². The molecular weight excluding hydrogens is 190 g/mol. The zero-order chi connectivity index (χ0) is 10.7. The van der Waals surface area contributed by atoms with E-state index in [0.717, 1.165) is 36.6 Å². The maximum absolute atomic E-state index is 5.36. The topological polar surface area (TPSA) is 47.0 Å². The van der Waals surface area contributed by atoms with Gasteiger partial charge in [0.05, 0.1) is 18.9 Å². The Bertz CT molecular complexity index is 352. The van der Waals surface area contributed by atoms with Crippen molar-refractivity contribution in [3.05, 3.63) is 22.8 Å². The van der Waals surface area contributed by atoms with Gasteiger partial charge in [0.25, 0.3) is 0 Å². The normalized spacial score (nSPS) is 14.3. The molecule has 1 aromatic heterocycles. The van der Waals surface area contributed by atoms with Crippen LogP contribution in [0.25, 0.3) is 0 Å². The second-order valence-corrected chi connectivity index (χ2v) is 3.85. The Morgan fingerprint density at radius 3 is 3.00 bits per heavy atom. The van der Waals surface area contributed by atoms with E-state index in [1.165, 1.54) is 5.56 Å². The lowest BCUT2D eigenvalue weighted by Gasteiger charge is -2.05. The summed E-state index contributed by atoms with van der Waals surface area (Å²) in [4.78, 5) is 9.02. The van der Waals surface area contributed by atoms with Crippen LogP contribution < -0.4 is 5.32 Å². The smallest absolute Gasteiger partial charge is 0.129 e. The molecule has 1 N–H and O–H groups in total. The van der Waals surface area contributed by atoms with E-state index in [0.29, 0.717) is 13.2 Å². The Labute approximate surface area is 90.1 Å². The second-order valence-electron chi connectivity index (χ2n) is 3.85. The summed E-state index contributed by atoms with van der Waals surface area (Å²) in [5.74, 6) is 0.951. The van der Waals surface area contributed by atoms with Crippen molar-refractivity contribution >= 4 is 0 Å². The summed E-state index contributed by atoms with van der Waals surface area (Å²) >= 11 is 0. The zero-order valence-electron chi connectivity index (χ0n) is 9.34. The molecule has 15 heavy (non-hydrogen) atoms. The Hall–Kier alpha value is -1.00. The molecule has 82 valence electrons. The molecule has 1 aromatic rings. The maximum atomic E-state index is 5.36. The van der Waals surface area contributed by atoms with Crippen LogP contribution in [0.1, 0.15) is 29.2 Å². The molecule has 0 atom stereocenters. The first-order valence-corrected chi connectivity index (χ1v) is 5.39. The molecule has 4 heteroatoms. The monoisotopic (exact) mass is 207 g/mol. The number of fused-ring (bicyclic) bond motifs is 1. The molecule has 0 saturated carbocycles. The summed E-state index contributed by atoms with van der Waals surface area (Å²) < 4.78 is 5.36. The van der Waals surface area contributed by atoms with Crippen LogP contribution >= 0.6 is 0 Å². The fraction of sp³-hybridized carbons (Fsp3) is 0.636. The molecule has 1 aliphatic rings. The van der Waals surface area contributed by atoms with Crippen LogP contribution in [0.15, 0.2) is 0 Å². The minimum atomic E-state index is 0.651. The van der Waals surface area contributed by atoms with Gasteiger partial charge >= 0.3 is 0 Å². The molecule has 0 fully saturated rings. The third-order valence-electron chi connectivity index (χ3n) is 2.66. The molecule has 0 bridgehead atoms. The molecule has 0 amide bonds. The van der Waals surface area contributed by atoms with Crippen LogP contribution in [0.5, 0.6) is 0 Å². The lowest BCUT2D eigenvalue weighted by Crippen LogP contribution is -2.10. The van der Waals surface area contributed by atoms with Crippen molar-refractivity contribution in [2.24, 2.45) is 0 Å².